The van der Waals surface area contributed by atoms with E-state index in [9.17, 15) is 14.7 Å². The first-order valence-electron chi connectivity index (χ1n) is 9.07. The summed E-state index contributed by atoms with van der Waals surface area (Å²) in [5, 5.41) is 9.96. The van der Waals surface area contributed by atoms with Gasteiger partial charge in [0.25, 0.3) is 5.91 Å². The van der Waals surface area contributed by atoms with E-state index in [4.69, 9.17) is 4.74 Å². The van der Waals surface area contributed by atoms with Crippen molar-refractivity contribution in [2.24, 2.45) is 5.92 Å². The molecule has 1 aromatic rings. The van der Waals surface area contributed by atoms with Crippen LogP contribution in [0.15, 0.2) is 22.7 Å². The van der Waals surface area contributed by atoms with Crippen molar-refractivity contribution >= 4 is 27.7 Å². The number of halogens is 1. The van der Waals surface area contributed by atoms with E-state index in [0.717, 1.165) is 4.47 Å². The number of piperidine rings is 1. The number of carbonyl (C=O) groups is 2. The highest BCUT2D eigenvalue weighted by Gasteiger charge is 2.34. The molecule has 2 aliphatic rings. The van der Waals surface area contributed by atoms with Crippen molar-refractivity contribution < 1.29 is 19.4 Å². The predicted octanol–water partition coefficient (Wildman–Crippen LogP) is 2.64. The average molecular weight is 425 g/mol. The number of likely N-dealkylation sites (tertiary alicyclic amines) is 1. The summed E-state index contributed by atoms with van der Waals surface area (Å²) in [6.07, 6.45) is 1.42. The van der Waals surface area contributed by atoms with Crippen LogP contribution in [0.25, 0.3) is 0 Å². The zero-order valence-corrected chi connectivity index (χ0v) is 16.7. The van der Waals surface area contributed by atoms with Crippen molar-refractivity contribution in [3.63, 3.8) is 0 Å². The van der Waals surface area contributed by atoms with E-state index < -0.39 is 0 Å². The van der Waals surface area contributed by atoms with Gasteiger partial charge in [0.2, 0.25) is 5.91 Å². The molecule has 7 heteroatoms. The van der Waals surface area contributed by atoms with E-state index in [1.165, 1.54) is 6.07 Å². The summed E-state index contributed by atoms with van der Waals surface area (Å²) in [5.74, 6) is -0.0898. The molecule has 6 nitrogen and oxygen atoms in total. The number of ether oxygens (including phenoxy) is 1. The largest absolute Gasteiger partial charge is 0.507 e. The highest BCUT2D eigenvalue weighted by molar-refractivity contribution is 9.10. The fourth-order valence-electron chi connectivity index (χ4n) is 3.80. The first-order valence-corrected chi connectivity index (χ1v) is 9.86. The first-order chi connectivity index (χ1) is 12.3. The van der Waals surface area contributed by atoms with Gasteiger partial charge in [0.05, 0.1) is 17.8 Å². The number of morpholine rings is 1. The van der Waals surface area contributed by atoms with Gasteiger partial charge in [-0.25, -0.2) is 0 Å². The van der Waals surface area contributed by atoms with Crippen LogP contribution < -0.4 is 0 Å². The summed E-state index contributed by atoms with van der Waals surface area (Å²) < 4.78 is 6.45. The van der Waals surface area contributed by atoms with Crippen LogP contribution in [0.2, 0.25) is 0 Å². The van der Waals surface area contributed by atoms with Crippen molar-refractivity contribution in [1.82, 2.24) is 9.80 Å². The van der Waals surface area contributed by atoms with Gasteiger partial charge in [-0.1, -0.05) is 15.9 Å². The Morgan fingerprint density at radius 3 is 2.35 bits per heavy atom. The van der Waals surface area contributed by atoms with Crippen LogP contribution in [0.4, 0.5) is 0 Å². The van der Waals surface area contributed by atoms with Crippen molar-refractivity contribution in [3.05, 3.63) is 28.2 Å². The van der Waals surface area contributed by atoms with Gasteiger partial charge in [0.1, 0.15) is 5.75 Å². The maximum Gasteiger partial charge on any atom is 0.257 e. The van der Waals surface area contributed by atoms with Gasteiger partial charge in [0, 0.05) is 36.6 Å². The molecule has 0 radical (unpaired) electrons. The lowest BCUT2D eigenvalue weighted by molar-refractivity contribution is -0.148. The van der Waals surface area contributed by atoms with Gasteiger partial charge < -0.3 is 19.6 Å². The Balaban J connectivity index is 1.59. The average Bonchev–Trinajstić information content (AvgIpc) is 2.62. The van der Waals surface area contributed by atoms with Crippen LogP contribution in [-0.4, -0.2) is 65.1 Å². The molecule has 0 aliphatic carbocycles. The van der Waals surface area contributed by atoms with Crippen LogP contribution in [-0.2, 0) is 9.53 Å². The minimum Gasteiger partial charge on any atom is -0.507 e. The molecule has 2 saturated heterocycles. The van der Waals surface area contributed by atoms with Gasteiger partial charge in [0.15, 0.2) is 0 Å². The number of nitrogens with zero attached hydrogens (tertiary/aromatic N) is 2. The molecule has 1 aromatic carbocycles. The number of carbonyl (C=O) groups excluding carboxylic acids is 2. The molecule has 2 amide bonds. The summed E-state index contributed by atoms with van der Waals surface area (Å²) in [6.45, 7) is 6.29. The summed E-state index contributed by atoms with van der Waals surface area (Å²) in [7, 11) is 0. The van der Waals surface area contributed by atoms with Crippen molar-refractivity contribution in [2.75, 3.05) is 26.2 Å². The summed E-state index contributed by atoms with van der Waals surface area (Å²) in [4.78, 5) is 29.1. The first kappa shape index (κ1) is 19.2. The molecule has 0 spiro atoms. The molecule has 2 heterocycles. The van der Waals surface area contributed by atoms with E-state index in [1.54, 1.807) is 17.0 Å². The van der Waals surface area contributed by atoms with Crippen LogP contribution in [0.3, 0.4) is 0 Å². The van der Waals surface area contributed by atoms with Crippen LogP contribution in [0.1, 0.15) is 37.0 Å². The smallest absolute Gasteiger partial charge is 0.257 e. The molecule has 1 N–H and O–H groups in total. The number of benzene rings is 1. The number of aromatic hydroxyl groups is 1. The minimum absolute atomic E-state index is 0.0207. The predicted molar refractivity (Wildman–Crippen MR) is 101 cm³/mol. The highest BCUT2D eigenvalue weighted by Crippen LogP contribution is 2.27. The number of phenols is 1. The van der Waals surface area contributed by atoms with Crippen molar-refractivity contribution in [2.45, 2.75) is 38.9 Å². The molecule has 2 aliphatic heterocycles. The molecular formula is C19H25BrN2O4. The minimum atomic E-state index is -0.191. The van der Waals surface area contributed by atoms with Gasteiger partial charge in [-0.15, -0.1) is 0 Å². The summed E-state index contributed by atoms with van der Waals surface area (Å²) in [6, 6.07) is 4.83. The third-order valence-electron chi connectivity index (χ3n) is 5.05. The second-order valence-electron chi connectivity index (χ2n) is 7.23. The zero-order chi connectivity index (χ0) is 18.8. The van der Waals surface area contributed by atoms with Gasteiger partial charge >= 0.3 is 0 Å². The molecular weight excluding hydrogens is 400 g/mol. The van der Waals surface area contributed by atoms with E-state index in [2.05, 4.69) is 15.9 Å². The Labute approximate surface area is 162 Å². The lowest BCUT2D eigenvalue weighted by atomic mass is 9.94. The summed E-state index contributed by atoms with van der Waals surface area (Å²) in [5.41, 5.74) is 0.292. The van der Waals surface area contributed by atoms with Gasteiger partial charge in [-0.2, -0.15) is 0 Å². The molecule has 2 atom stereocenters. The fourth-order valence-corrected chi connectivity index (χ4v) is 4.16. The second kappa shape index (κ2) is 7.96. The number of hydrogen-bond donors (Lipinski definition) is 1. The Bertz CT molecular complexity index is 678. The van der Waals surface area contributed by atoms with E-state index in [0.29, 0.717) is 44.6 Å². The van der Waals surface area contributed by atoms with E-state index in [1.807, 2.05) is 18.7 Å². The topological polar surface area (TPSA) is 70.1 Å². The zero-order valence-electron chi connectivity index (χ0n) is 15.2. The fraction of sp³-hybridized carbons (Fsp3) is 0.579. The Hall–Kier alpha value is -1.60. The maximum atomic E-state index is 12.8. The second-order valence-corrected chi connectivity index (χ2v) is 8.14. The number of rotatable bonds is 2. The third-order valence-corrected chi connectivity index (χ3v) is 5.54. The van der Waals surface area contributed by atoms with Crippen molar-refractivity contribution in [3.8, 4) is 5.75 Å². The van der Waals surface area contributed by atoms with Crippen molar-refractivity contribution in [1.29, 1.82) is 0 Å². The molecule has 3 rings (SSSR count). The van der Waals surface area contributed by atoms with Gasteiger partial charge in [-0.05, 0) is 44.9 Å². The SMILES string of the molecule is CC1CN(C(=O)C2CCN(C(=O)c3cc(Br)ccc3O)CC2)CC(C)O1. The van der Waals surface area contributed by atoms with Crippen LogP contribution >= 0.6 is 15.9 Å². The maximum absolute atomic E-state index is 12.8. The normalized spacial score (nSPS) is 24.6. The molecule has 2 fully saturated rings. The van der Waals surface area contributed by atoms with Crippen LogP contribution in [0.5, 0.6) is 5.75 Å². The molecule has 142 valence electrons. The van der Waals surface area contributed by atoms with Gasteiger partial charge in [-0.3, -0.25) is 9.59 Å². The molecule has 0 aromatic heterocycles. The van der Waals surface area contributed by atoms with Crippen LogP contribution in [0, 0.1) is 5.92 Å². The Morgan fingerprint density at radius 1 is 1.12 bits per heavy atom. The molecule has 0 bridgehead atoms. The summed E-state index contributed by atoms with van der Waals surface area (Å²) >= 11 is 3.33. The standard InChI is InChI=1S/C19H25BrN2O4/c1-12-10-22(11-13(2)26-12)18(24)14-5-7-21(8-6-14)19(25)16-9-15(20)3-4-17(16)23/h3-4,9,12-14,23H,5-8,10-11H2,1-2H3. The quantitative estimate of drug-likeness (QED) is 0.791. The number of hydrogen-bond acceptors (Lipinski definition) is 4. The lowest BCUT2D eigenvalue weighted by Gasteiger charge is -2.39. The van der Waals surface area contributed by atoms with E-state index >= 15 is 0 Å². The molecule has 2 unspecified atom stereocenters. The number of phenolic OH excluding ortho intramolecular Hbond substituents is 1. The number of amides is 2. The monoisotopic (exact) mass is 424 g/mol. The highest BCUT2D eigenvalue weighted by atomic mass is 79.9. The Kier molecular flexibility index (Phi) is 5.87. The third kappa shape index (κ3) is 4.20. The lowest BCUT2D eigenvalue weighted by Crippen LogP contribution is -2.51. The van der Waals surface area contributed by atoms with E-state index in [-0.39, 0.29) is 35.7 Å². The molecule has 0 saturated carbocycles. The molecule has 26 heavy (non-hydrogen) atoms. The Morgan fingerprint density at radius 2 is 1.73 bits per heavy atom.